The van der Waals surface area contributed by atoms with Crippen LogP contribution in [0.3, 0.4) is 0 Å². The first-order chi connectivity index (χ1) is 15.8. The minimum Gasteiger partial charge on any atom is -0.452 e. The Morgan fingerprint density at radius 1 is 1.00 bits per heavy atom. The highest BCUT2D eigenvalue weighted by atomic mass is 16.5. The van der Waals surface area contributed by atoms with Gasteiger partial charge in [0.2, 0.25) is 0 Å². The molecule has 1 unspecified atom stereocenters. The Labute approximate surface area is 193 Å². The summed E-state index contributed by atoms with van der Waals surface area (Å²) in [4.78, 5) is 54.2. The third kappa shape index (κ3) is 4.27. The van der Waals surface area contributed by atoms with Crippen LogP contribution in [-0.2, 0) is 9.53 Å². The molecule has 2 heterocycles. The van der Waals surface area contributed by atoms with E-state index in [1.807, 2.05) is 32.9 Å². The third-order valence-electron chi connectivity index (χ3n) is 6.47. The number of hydrogen-bond donors (Lipinski definition) is 0. The van der Waals surface area contributed by atoms with Crippen LogP contribution in [0.15, 0.2) is 36.4 Å². The number of aryl methyl sites for hydroxylation is 2. The van der Waals surface area contributed by atoms with Crippen molar-refractivity contribution in [2.75, 3.05) is 18.1 Å². The van der Waals surface area contributed by atoms with E-state index >= 15 is 0 Å². The molecule has 0 saturated carbocycles. The number of nitrogens with zero attached hydrogens (tertiary/aromatic N) is 2. The van der Waals surface area contributed by atoms with Gasteiger partial charge in [-0.05, 0) is 74.9 Å². The SMILES string of the molecule is CCC1CCCCN1C(=O)COC(=O)c1ccc2c(c1)C(=O)N(c1cc(C)ccc1C)C2=O. The molecule has 33 heavy (non-hydrogen) atoms. The number of anilines is 1. The second-order valence-electron chi connectivity index (χ2n) is 8.72. The number of piperidine rings is 1. The predicted molar refractivity (Wildman–Crippen MR) is 123 cm³/mol. The summed E-state index contributed by atoms with van der Waals surface area (Å²) in [6.45, 7) is 6.12. The van der Waals surface area contributed by atoms with E-state index in [0.717, 1.165) is 41.7 Å². The minimum atomic E-state index is -0.693. The summed E-state index contributed by atoms with van der Waals surface area (Å²) >= 11 is 0. The van der Waals surface area contributed by atoms with Crippen LogP contribution in [-0.4, -0.2) is 47.8 Å². The lowest BCUT2D eigenvalue weighted by Gasteiger charge is -2.35. The highest BCUT2D eigenvalue weighted by Gasteiger charge is 2.38. The Hall–Kier alpha value is -3.48. The van der Waals surface area contributed by atoms with E-state index in [2.05, 4.69) is 0 Å². The number of rotatable bonds is 5. The van der Waals surface area contributed by atoms with Crippen LogP contribution in [0.5, 0.6) is 0 Å². The lowest BCUT2D eigenvalue weighted by atomic mass is 10.00. The Balaban J connectivity index is 1.49. The zero-order valence-corrected chi connectivity index (χ0v) is 19.2. The summed E-state index contributed by atoms with van der Waals surface area (Å²) in [5, 5.41) is 0. The van der Waals surface area contributed by atoms with Gasteiger partial charge in [0, 0.05) is 12.6 Å². The van der Waals surface area contributed by atoms with Crippen LogP contribution < -0.4 is 4.90 Å². The molecule has 0 radical (unpaired) electrons. The zero-order chi connectivity index (χ0) is 23.7. The number of likely N-dealkylation sites (tertiary alicyclic amines) is 1. The molecule has 2 aromatic rings. The van der Waals surface area contributed by atoms with Crippen molar-refractivity contribution in [3.8, 4) is 0 Å². The van der Waals surface area contributed by atoms with E-state index < -0.39 is 17.8 Å². The second kappa shape index (κ2) is 9.17. The van der Waals surface area contributed by atoms with Gasteiger partial charge >= 0.3 is 5.97 Å². The summed E-state index contributed by atoms with van der Waals surface area (Å²) in [5.74, 6) is -1.80. The maximum Gasteiger partial charge on any atom is 0.338 e. The number of hydrogen-bond acceptors (Lipinski definition) is 5. The molecule has 0 N–H and O–H groups in total. The van der Waals surface area contributed by atoms with Gasteiger partial charge in [0.1, 0.15) is 0 Å². The van der Waals surface area contributed by atoms with Gasteiger partial charge in [0.15, 0.2) is 6.61 Å². The fourth-order valence-electron chi connectivity index (χ4n) is 4.59. The van der Waals surface area contributed by atoms with Crippen LogP contribution in [0.2, 0.25) is 0 Å². The number of imide groups is 1. The Bertz CT molecular complexity index is 1140. The van der Waals surface area contributed by atoms with Crippen LogP contribution >= 0.6 is 0 Å². The van der Waals surface area contributed by atoms with Crippen molar-refractivity contribution in [1.29, 1.82) is 0 Å². The standard InChI is InChI=1S/C26H28N2O5/c1-4-19-7-5-6-12-27(19)23(29)15-33-26(32)18-10-11-20-21(14-18)25(31)28(24(20)30)22-13-16(2)8-9-17(22)3/h8-11,13-14,19H,4-7,12,15H2,1-3H3. The molecular formula is C26H28N2O5. The first-order valence-corrected chi connectivity index (χ1v) is 11.4. The van der Waals surface area contributed by atoms with Gasteiger partial charge in [-0.25, -0.2) is 9.69 Å². The average Bonchev–Trinajstić information content (AvgIpc) is 3.08. The molecule has 7 heteroatoms. The van der Waals surface area contributed by atoms with Gasteiger partial charge in [-0.2, -0.15) is 0 Å². The molecule has 0 bridgehead atoms. The summed E-state index contributed by atoms with van der Waals surface area (Å²) in [6, 6.07) is 10.1. The molecule has 1 saturated heterocycles. The van der Waals surface area contributed by atoms with Gasteiger partial charge in [0.25, 0.3) is 17.7 Å². The van der Waals surface area contributed by atoms with Crippen molar-refractivity contribution in [1.82, 2.24) is 4.90 Å². The summed E-state index contributed by atoms with van der Waals surface area (Å²) in [7, 11) is 0. The molecule has 7 nitrogen and oxygen atoms in total. The van der Waals surface area contributed by atoms with Crippen LogP contribution in [0.25, 0.3) is 0 Å². The number of amides is 3. The van der Waals surface area contributed by atoms with Gasteiger partial charge < -0.3 is 9.64 Å². The number of esters is 1. The van der Waals surface area contributed by atoms with Crippen molar-refractivity contribution in [2.24, 2.45) is 0 Å². The third-order valence-corrected chi connectivity index (χ3v) is 6.47. The van der Waals surface area contributed by atoms with E-state index in [4.69, 9.17) is 4.74 Å². The largest absolute Gasteiger partial charge is 0.452 e. The number of benzene rings is 2. The number of carbonyl (C=O) groups excluding carboxylic acids is 4. The van der Waals surface area contributed by atoms with Gasteiger partial charge in [0.05, 0.1) is 22.4 Å². The zero-order valence-electron chi connectivity index (χ0n) is 19.2. The van der Waals surface area contributed by atoms with E-state index in [0.29, 0.717) is 12.2 Å². The number of carbonyl (C=O) groups is 4. The van der Waals surface area contributed by atoms with Crippen LogP contribution in [0.4, 0.5) is 5.69 Å². The molecule has 3 amide bonds. The van der Waals surface area contributed by atoms with Crippen molar-refractivity contribution in [3.05, 3.63) is 64.2 Å². The van der Waals surface area contributed by atoms with Crippen molar-refractivity contribution < 1.29 is 23.9 Å². The van der Waals surface area contributed by atoms with E-state index in [-0.39, 0.29) is 35.2 Å². The van der Waals surface area contributed by atoms with Crippen molar-refractivity contribution >= 4 is 29.4 Å². The van der Waals surface area contributed by atoms with Crippen LogP contribution in [0.1, 0.15) is 74.8 Å². The number of ether oxygens (including phenoxy) is 1. The Kier molecular flexibility index (Phi) is 6.31. The van der Waals surface area contributed by atoms with Crippen molar-refractivity contribution in [2.45, 2.75) is 52.5 Å². The summed E-state index contributed by atoms with van der Waals surface area (Å²) < 4.78 is 5.26. The maximum atomic E-state index is 13.1. The molecule has 2 aromatic carbocycles. The van der Waals surface area contributed by atoms with Crippen molar-refractivity contribution in [3.63, 3.8) is 0 Å². The maximum absolute atomic E-state index is 13.1. The fraction of sp³-hybridized carbons (Fsp3) is 0.385. The lowest BCUT2D eigenvalue weighted by Crippen LogP contribution is -2.45. The highest BCUT2D eigenvalue weighted by Crippen LogP contribution is 2.32. The number of fused-ring (bicyclic) bond motifs is 1. The van der Waals surface area contributed by atoms with Gasteiger partial charge in [-0.3, -0.25) is 14.4 Å². The first-order valence-electron chi connectivity index (χ1n) is 11.4. The predicted octanol–water partition coefficient (Wildman–Crippen LogP) is 4.05. The molecule has 4 rings (SSSR count). The molecule has 0 aromatic heterocycles. The van der Waals surface area contributed by atoms with E-state index in [1.54, 1.807) is 11.0 Å². The topological polar surface area (TPSA) is 84.0 Å². The summed E-state index contributed by atoms with van der Waals surface area (Å²) in [5.41, 5.74) is 2.80. The lowest BCUT2D eigenvalue weighted by molar-refractivity contribution is -0.138. The smallest absolute Gasteiger partial charge is 0.338 e. The second-order valence-corrected chi connectivity index (χ2v) is 8.72. The summed E-state index contributed by atoms with van der Waals surface area (Å²) in [6.07, 6.45) is 3.89. The minimum absolute atomic E-state index is 0.135. The molecule has 2 aliphatic heterocycles. The van der Waals surface area contributed by atoms with E-state index in [9.17, 15) is 19.2 Å². The van der Waals surface area contributed by atoms with Crippen LogP contribution in [0, 0.1) is 13.8 Å². The average molecular weight is 449 g/mol. The monoisotopic (exact) mass is 448 g/mol. The highest BCUT2D eigenvalue weighted by molar-refractivity contribution is 6.35. The molecular weight excluding hydrogens is 420 g/mol. The Morgan fingerprint density at radius 3 is 2.52 bits per heavy atom. The normalized spacial score (nSPS) is 17.8. The van der Waals surface area contributed by atoms with Gasteiger partial charge in [-0.15, -0.1) is 0 Å². The molecule has 0 aliphatic carbocycles. The molecule has 2 aliphatic rings. The van der Waals surface area contributed by atoms with Gasteiger partial charge in [-0.1, -0.05) is 19.1 Å². The molecule has 0 spiro atoms. The molecule has 1 fully saturated rings. The van der Waals surface area contributed by atoms with E-state index in [1.165, 1.54) is 18.2 Å². The Morgan fingerprint density at radius 2 is 1.76 bits per heavy atom. The first kappa shape index (κ1) is 22.7. The molecule has 1 atom stereocenters. The fourth-order valence-corrected chi connectivity index (χ4v) is 4.59. The molecule has 172 valence electrons. The quantitative estimate of drug-likeness (QED) is 0.509.